The Labute approximate surface area is 125 Å². The van der Waals surface area contributed by atoms with E-state index >= 15 is 0 Å². The van der Waals surface area contributed by atoms with Crippen LogP contribution in [-0.2, 0) is 0 Å². The van der Waals surface area contributed by atoms with Gasteiger partial charge in [-0.3, -0.25) is 0 Å². The molecular weight excluding hydrogens is 266 g/mol. The van der Waals surface area contributed by atoms with Crippen molar-refractivity contribution in [2.45, 2.75) is 12.2 Å². The third kappa shape index (κ3) is 4.56. The smallest absolute Gasteiger partial charge is 0.119 e. The minimum atomic E-state index is -0.636. The minimum Gasteiger partial charge on any atom is -0.497 e. The lowest BCUT2D eigenvalue weighted by Crippen LogP contribution is -2.26. The van der Waals surface area contributed by atoms with Gasteiger partial charge in [0.05, 0.1) is 19.3 Å². The third-order valence-corrected chi connectivity index (χ3v) is 3.34. The average molecular weight is 287 g/mol. The molecule has 0 aliphatic carbocycles. The Balaban J connectivity index is 1.82. The first-order valence-electron chi connectivity index (χ1n) is 6.96. The van der Waals surface area contributed by atoms with Crippen molar-refractivity contribution in [2.75, 3.05) is 20.2 Å². The molecule has 2 atom stereocenters. The maximum absolute atomic E-state index is 10.1. The molecule has 2 aromatic carbocycles. The van der Waals surface area contributed by atoms with Gasteiger partial charge in [-0.15, -0.1) is 0 Å². The largest absolute Gasteiger partial charge is 0.497 e. The number of methoxy groups -OCH3 is 1. The Kier molecular flexibility index (Phi) is 5.75. The normalized spacial score (nSPS) is 13.7. The summed E-state index contributed by atoms with van der Waals surface area (Å²) < 4.78 is 5.13. The maximum atomic E-state index is 10.1. The Morgan fingerprint density at radius 3 is 2.19 bits per heavy atom. The molecule has 4 heteroatoms. The van der Waals surface area contributed by atoms with E-state index in [0.717, 1.165) is 16.9 Å². The molecule has 2 aromatic rings. The van der Waals surface area contributed by atoms with Crippen LogP contribution in [0.15, 0.2) is 54.6 Å². The highest BCUT2D eigenvalue weighted by molar-refractivity contribution is 5.29. The van der Waals surface area contributed by atoms with Gasteiger partial charge in [-0.25, -0.2) is 0 Å². The Bertz CT molecular complexity index is 545. The van der Waals surface area contributed by atoms with Crippen LogP contribution in [0.2, 0.25) is 0 Å². The van der Waals surface area contributed by atoms with Gasteiger partial charge in [0.1, 0.15) is 5.75 Å². The van der Waals surface area contributed by atoms with E-state index in [-0.39, 0.29) is 0 Å². The van der Waals surface area contributed by atoms with Crippen LogP contribution in [0.5, 0.6) is 5.75 Å². The molecule has 0 aliphatic heterocycles. The van der Waals surface area contributed by atoms with Crippen LogP contribution in [0.3, 0.4) is 0 Å². The number of benzene rings is 2. The monoisotopic (exact) mass is 287 g/mol. The van der Waals surface area contributed by atoms with Crippen LogP contribution in [0.4, 0.5) is 0 Å². The topological polar surface area (TPSA) is 61.7 Å². The zero-order chi connectivity index (χ0) is 15.1. The molecule has 2 unspecified atom stereocenters. The second kappa shape index (κ2) is 7.78. The fourth-order valence-electron chi connectivity index (χ4n) is 2.12. The van der Waals surface area contributed by atoms with E-state index in [1.807, 2.05) is 48.5 Å². The summed E-state index contributed by atoms with van der Waals surface area (Å²) >= 11 is 0. The zero-order valence-corrected chi connectivity index (χ0v) is 12.1. The van der Waals surface area contributed by atoms with Crippen LogP contribution in [0, 0.1) is 0 Å². The predicted octanol–water partition coefficient (Wildman–Crippen LogP) is 2.05. The Morgan fingerprint density at radius 2 is 1.52 bits per heavy atom. The summed E-state index contributed by atoms with van der Waals surface area (Å²) in [6.45, 7) is 0.766. The molecule has 2 rings (SSSR count). The second-order valence-corrected chi connectivity index (χ2v) is 4.88. The van der Waals surface area contributed by atoms with Crippen LogP contribution >= 0.6 is 0 Å². The number of rotatable bonds is 7. The van der Waals surface area contributed by atoms with Crippen molar-refractivity contribution in [3.63, 3.8) is 0 Å². The van der Waals surface area contributed by atoms with E-state index in [4.69, 9.17) is 4.74 Å². The molecule has 0 aliphatic rings. The minimum absolute atomic E-state index is 0.372. The van der Waals surface area contributed by atoms with E-state index in [0.29, 0.717) is 13.1 Å². The predicted molar refractivity (Wildman–Crippen MR) is 82.2 cm³/mol. The first-order chi connectivity index (χ1) is 10.2. The summed E-state index contributed by atoms with van der Waals surface area (Å²) in [6.07, 6.45) is -1.22. The molecular formula is C17H21NO3. The molecule has 0 fully saturated rings. The van der Waals surface area contributed by atoms with Crippen LogP contribution in [-0.4, -0.2) is 30.4 Å². The molecule has 0 aromatic heterocycles. The van der Waals surface area contributed by atoms with Gasteiger partial charge >= 0.3 is 0 Å². The molecule has 4 nitrogen and oxygen atoms in total. The van der Waals surface area contributed by atoms with Crippen LogP contribution < -0.4 is 10.1 Å². The molecule has 3 N–H and O–H groups in total. The summed E-state index contributed by atoms with van der Waals surface area (Å²) in [4.78, 5) is 0. The van der Waals surface area contributed by atoms with Gasteiger partial charge in [0.2, 0.25) is 0 Å². The number of aliphatic hydroxyl groups excluding tert-OH is 2. The first-order valence-corrected chi connectivity index (χ1v) is 6.96. The van der Waals surface area contributed by atoms with Gasteiger partial charge < -0.3 is 20.3 Å². The van der Waals surface area contributed by atoms with Gasteiger partial charge in [0.15, 0.2) is 0 Å². The molecule has 0 radical (unpaired) electrons. The highest BCUT2D eigenvalue weighted by Crippen LogP contribution is 2.18. The molecule has 21 heavy (non-hydrogen) atoms. The summed E-state index contributed by atoms with van der Waals surface area (Å²) in [6, 6.07) is 16.8. The molecule has 0 heterocycles. The van der Waals surface area contributed by atoms with Gasteiger partial charge in [0, 0.05) is 13.1 Å². The highest BCUT2D eigenvalue weighted by atomic mass is 16.5. The fraction of sp³-hybridized carbons (Fsp3) is 0.294. The molecule has 112 valence electrons. The van der Waals surface area contributed by atoms with Crippen molar-refractivity contribution in [2.24, 2.45) is 0 Å². The number of ether oxygens (including phenoxy) is 1. The quantitative estimate of drug-likeness (QED) is 0.729. The van der Waals surface area contributed by atoms with E-state index < -0.39 is 12.2 Å². The number of nitrogens with one attached hydrogen (secondary N) is 1. The molecule has 0 saturated heterocycles. The van der Waals surface area contributed by atoms with E-state index in [2.05, 4.69) is 5.32 Å². The number of hydrogen-bond acceptors (Lipinski definition) is 4. The standard InChI is InChI=1S/C17H21NO3/c1-21-15-9-5-8-14(10-15)17(20)12-18-11-16(19)13-6-3-2-4-7-13/h2-10,16-20H,11-12H2,1H3. The highest BCUT2D eigenvalue weighted by Gasteiger charge is 2.10. The van der Waals surface area contributed by atoms with E-state index in [9.17, 15) is 10.2 Å². The van der Waals surface area contributed by atoms with Gasteiger partial charge in [-0.2, -0.15) is 0 Å². The van der Waals surface area contributed by atoms with Crippen molar-refractivity contribution < 1.29 is 14.9 Å². The van der Waals surface area contributed by atoms with Gasteiger partial charge in [0.25, 0.3) is 0 Å². The lowest BCUT2D eigenvalue weighted by Gasteiger charge is -2.16. The van der Waals surface area contributed by atoms with Crippen molar-refractivity contribution in [3.05, 3.63) is 65.7 Å². The summed E-state index contributed by atoms with van der Waals surface area (Å²) in [5, 5.41) is 23.2. The molecule has 0 amide bonds. The lowest BCUT2D eigenvalue weighted by molar-refractivity contribution is 0.147. The Morgan fingerprint density at radius 1 is 0.905 bits per heavy atom. The van der Waals surface area contributed by atoms with Crippen LogP contribution in [0.25, 0.3) is 0 Å². The van der Waals surface area contributed by atoms with E-state index in [1.165, 1.54) is 0 Å². The number of hydrogen-bond donors (Lipinski definition) is 3. The second-order valence-electron chi connectivity index (χ2n) is 4.88. The maximum Gasteiger partial charge on any atom is 0.119 e. The van der Waals surface area contributed by atoms with Crippen molar-refractivity contribution in [3.8, 4) is 5.75 Å². The summed E-state index contributed by atoms with van der Waals surface area (Å²) in [5.74, 6) is 0.718. The average Bonchev–Trinajstić information content (AvgIpc) is 2.55. The molecule has 0 spiro atoms. The van der Waals surface area contributed by atoms with Crippen molar-refractivity contribution in [1.82, 2.24) is 5.32 Å². The molecule has 0 bridgehead atoms. The fourth-order valence-corrected chi connectivity index (χ4v) is 2.12. The van der Waals surface area contributed by atoms with Gasteiger partial charge in [-0.05, 0) is 23.3 Å². The SMILES string of the molecule is COc1cccc(C(O)CNCC(O)c2ccccc2)c1. The molecule has 0 saturated carbocycles. The number of aliphatic hydroxyl groups is 2. The summed E-state index contributed by atoms with van der Waals surface area (Å²) in [7, 11) is 1.60. The van der Waals surface area contributed by atoms with Gasteiger partial charge in [-0.1, -0.05) is 42.5 Å². The Hall–Kier alpha value is -1.88. The van der Waals surface area contributed by atoms with Crippen LogP contribution in [0.1, 0.15) is 23.3 Å². The lowest BCUT2D eigenvalue weighted by atomic mass is 10.1. The summed E-state index contributed by atoms with van der Waals surface area (Å²) in [5.41, 5.74) is 1.65. The van der Waals surface area contributed by atoms with Crippen molar-refractivity contribution in [1.29, 1.82) is 0 Å². The van der Waals surface area contributed by atoms with Crippen molar-refractivity contribution >= 4 is 0 Å². The third-order valence-electron chi connectivity index (χ3n) is 3.34. The van der Waals surface area contributed by atoms with E-state index in [1.54, 1.807) is 13.2 Å². The zero-order valence-electron chi connectivity index (χ0n) is 12.1. The first kappa shape index (κ1) is 15.5.